The van der Waals surface area contributed by atoms with Crippen LogP contribution in [-0.2, 0) is 26.5 Å². The minimum absolute atomic E-state index is 0. The van der Waals surface area contributed by atoms with Crippen LogP contribution in [0.2, 0.25) is 0 Å². The number of hydrogen-bond acceptors (Lipinski definition) is 3. The molecule has 7 aromatic carbocycles. The van der Waals surface area contributed by atoms with Gasteiger partial charge in [-0.1, -0.05) is 167 Å². The van der Waals surface area contributed by atoms with Gasteiger partial charge in [0.25, 0.3) is 0 Å². The van der Waals surface area contributed by atoms with E-state index in [1.54, 1.807) is 0 Å². The summed E-state index contributed by atoms with van der Waals surface area (Å²) in [5.74, 6) is -0.0125. The van der Waals surface area contributed by atoms with Crippen molar-refractivity contribution in [3.63, 3.8) is 0 Å². The van der Waals surface area contributed by atoms with Crippen molar-refractivity contribution in [2.75, 3.05) is 0 Å². The molecule has 5 heteroatoms. The molecular formula is C57H50N3OPt-. The van der Waals surface area contributed by atoms with Crippen molar-refractivity contribution in [2.24, 2.45) is 0 Å². The third-order valence-corrected chi connectivity index (χ3v) is 11.7. The Morgan fingerprint density at radius 2 is 1.31 bits per heavy atom. The van der Waals surface area contributed by atoms with Crippen LogP contribution < -0.4 is 0 Å². The Hall–Kier alpha value is -6.35. The predicted molar refractivity (Wildman–Crippen MR) is 254 cm³/mol. The van der Waals surface area contributed by atoms with Gasteiger partial charge in [-0.3, -0.25) is 9.55 Å². The van der Waals surface area contributed by atoms with Crippen molar-refractivity contribution in [3.05, 3.63) is 192 Å². The van der Waals surface area contributed by atoms with Crippen molar-refractivity contribution in [3.8, 4) is 78.6 Å². The van der Waals surface area contributed by atoms with Crippen molar-refractivity contribution in [2.45, 2.75) is 59.8 Å². The number of benzene rings is 7. The molecule has 62 heavy (non-hydrogen) atoms. The summed E-state index contributed by atoms with van der Waals surface area (Å²) in [6.07, 6.45) is 1.87. The Labute approximate surface area is 381 Å². The third-order valence-electron chi connectivity index (χ3n) is 11.7. The zero-order valence-corrected chi connectivity index (χ0v) is 38.5. The molecule has 0 aliphatic carbocycles. The fraction of sp³-hybridized carbons (Fsp3) is 0.158. The fourth-order valence-electron chi connectivity index (χ4n) is 8.33. The van der Waals surface area contributed by atoms with Gasteiger partial charge in [-0.15, -0.1) is 23.8 Å². The number of phenolic OH excluding ortho intramolecular Hbond substituents is 1. The molecule has 0 atom stereocenters. The average molecular weight is 989 g/mol. The van der Waals surface area contributed by atoms with Gasteiger partial charge in [0.15, 0.2) is 0 Å². The second kappa shape index (κ2) is 17.2. The van der Waals surface area contributed by atoms with Gasteiger partial charge in [0.2, 0.25) is 0 Å². The van der Waals surface area contributed by atoms with Gasteiger partial charge in [0.05, 0.1) is 22.3 Å². The summed E-state index contributed by atoms with van der Waals surface area (Å²) in [4.78, 5) is 10.4. The molecule has 0 radical (unpaired) electrons. The quantitative estimate of drug-likeness (QED) is 0.154. The number of aryl methyl sites for hydroxylation is 2. The molecule has 0 spiro atoms. The molecule has 9 rings (SSSR count). The van der Waals surface area contributed by atoms with Crippen molar-refractivity contribution in [1.82, 2.24) is 14.5 Å². The summed E-state index contributed by atoms with van der Waals surface area (Å²) in [6.45, 7) is 14.5. The van der Waals surface area contributed by atoms with Crippen molar-refractivity contribution >= 4 is 11.0 Å². The van der Waals surface area contributed by atoms with Crippen LogP contribution in [0.25, 0.3) is 83.9 Å². The number of hydrogen-bond donors (Lipinski definition) is 1. The van der Waals surface area contributed by atoms with E-state index in [1.807, 2.05) is 64.2 Å². The maximum atomic E-state index is 11.8. The molecular weight excluding hydrogens is 938 g/mol. The molecule has 0 bridgehead atoms. The van der Waals surface area contributed by atoms with Crippen LogP contribution in [0, 0.1) is 19.9 Å². The van der Waals surface area contributed by atoms with Gasteiger partial charge in [-0.2, -0.15) is 0 Å². The first kappa shape index (κ1) is 41.0. The summed E-state index contributed by atoms with van der Waals surface area (Å²) in [6, 6.07) is 58.5. The minimum atomic E-state index is -0.829. The van der Waals surface area contributed by atoms with Gasteiger partial charge in [-0.05, 0) is 100.0 Å². The monoisotopic (exact) mass is 988 g/mol. The number of pyridine rings is 1. The number of imidazole rings is 1. The first-order valence-electron chi connectivity index (χ1n) is 21.5. The van der Waals surface area contributed by atoms with Crippen LogP contribution in [0.1, 0.15) is 64.1 Å². The third kappa shape index (κ3) is 8.20. The number of rotatable bonds is 8. The van der Waals surface area contributed by atoms with E-state index in [4.69, 9.17) is 11.3 Å². The molecule has 0 aliphatic heterocycles. The molecule has 9 aromatic rings. The molecule has 0 fully saturated rings. The number of aromatic nitrogens is 3. The Balaban J connectivity index is 0.00000544. The summed E-state index contributed by atoms with van der Waals surface area (Å²) >= 11 is 0. The summed E-state index contributed by atoms with van der Waals surface area (Å²) in [5.41, 5.74) is 17.0. The molecule has 2 heterocycles. The molecule has 2 aromatic heterocycles. The topological polar surface area (TPSA) is 50.9 Å². The predicted octanol–water partition coefficient (Wildman–Crippen LogP) is 15.0. The second-order valence-corrected chi connectivity index (χ2v) is 17.3. The van der Waals surface area contributed by atoms with E-state index in [-0.39, 0.29) is 32.2 Å². The number of para-hydroxylation sites is 1. The maximum Gasteiger partial charge on any atom is 0.148 e. The summed E-state index contributed by atoms with van der Waals surface area (Å²) in [5, 5.41) is 11.8. The maximum absolute atomic E-state index is 11.8. The van der Waals surface area contributed by atoms with Crippen molar-refractivity contribution < 1.29 is 27.5 Å². The Bertz CT molecular complexity index is 3110. The zero-order valence-electron chi connectivity index (χ0n) is 37.2. The first-order chi connectivity index (χ1) is 29.7. The minimum Gasteiger partial charge on any atom is -0.507 e. The van der Waals surface area contributed by atoms with E-state index in [0.29, 0.717) is 11.4 Å². The number of nitrogens with zero attached hydrogens (tertiary/aromatic N) is 3. The standard InChI is InChI=1S/C57H50N3O.Pt/c1-36(2)42-23-26-52(49(34-42)41-21-24-47(25-22-41)57(5,6)7)60-53-20-14-19-48(54(53)59-56(60)50-30-37(3)29-38(4)55(50)61)45-31-44(40-17-12-9-13-18-40)32-46(33-45)51-35-43(27-28-58-51)39-15-10-8-11-16-39;/h8-32,34-36,61H,1-7H3;/q-1;/i36D;. The molecule has 0 amide bonds. The number of phenols is 1. The summed E-state index contributed by atoms with van der Waals surface area (Å²) < 4.78 is 11.2. The molecule has 0 unspecified atom stereocenters. The molecule has 0 aliphatic rings. The smallest absolute Gasteiger partial charge is 0.148 e. The Morgan fingerprint density at radius 1 is 0.629 bits per heavy atom. The van der Waals surface area contributed by atoms with E-state index >= 15 is 0 Å². The largest absolute Gasteiger partial charge is 0.507 e. The average Bonchev–Trinajstić information content (AvgIpc) is 3.67. The molecule has 310 valence electrons. The van der Waals surface area contributed by atoms with E-state index < -0.39 is 5.89 Å². The van der Waals surface area contributed by atoms with Gasteiger partial charge in [0, 0.05) is 39.9 Å². The van der Waals surface area contributed by atoms with E-state index in [0.717, 1.165) is 89.2 Å². The molecule has 4 nitrogen and oxygen atoms in total. The van der Waals surface area contributed by atoms with E-state index in [9.17, 15) is 5.11 Å². The summed E-state index contributed by atoms with van der Waals surface area (Å²) in [7, 11) is 0. The van der Waals surface area contributed by atoms with E-state index in [1.165, 1.54) is 5.56 Å². The van der Waals surface area contributed by atoms with Crippen LogP contribution in [-0.4, -0.2) is 19.6 Å². The van der Waals surface area contributed by atoms with Gasteiger partial charge < -0.3 is 5.11 Å². The Kier molecular flexibility index (Phi) is 11.4. The van der Waals surface area contributed by atoms with Crippen LogP contribution in [0.5, 0.6) is 5.75 Å². The van der Waals surface area contributed by atoms with Crippen molar-refractivity contribution in [1.29, 1.82) is 0 Å². The molecule has 0 saturated heterocycles. The number of aromatic hydroxyl groups is 1. The van der Waals surface area contributed by atoms with Gasteiger partial charge in [0.1, 0.15) is 11.6 Å². The fourth-order valence-corrected chi connectivity index (χ4v) is 8.33. The second-order valence-electron chi connectivity index (χ2n) is 17.3. The van der Waals surface area contributed by atoms with Gasteiger partial charge >= 0.3 is 0 Å². The Morgan fingerprint density at radius 3 is 1.98 bits per heavy atom. The van der Waals surface area contributed by atoms with Crippen LogP contribution >= 0.6 is 0 Å². The number of fused-ring (bicyclic) bond motifs is 1. The SMILES string of the molecule is [2H]C(C)(C)c1ccc(-n2c(-c3cc(C)cc(C)c3O)nc3c(-c4[c-]c(-c5cc(-c6ccccc6)ccn5)cc(-c5ccccc5)c4)cccc32)c(-c2ccc(C(C)(C)C)cc2)c1.[Pt]. The van der Waals surface area contributed by atoms with Crippen LogP contribution in [0.15, 0.2) is 164 Å². The normalized spacial score (nSPS) is 12.0. The molecule has 0 saturated carbocycles. The van der Waals surface area contributed by atoms with Crippen LogP contribution in [0.4, 0.5) is 0 Å². The van der Waals surface area contributed by atoms with E-state index in [2.05, 4.69) is 159 Å². The molecule has 1 N–H and O–H groups in total. The van der Waals surface area contributed by atoms with Gasteiger partial charge in [-0.25, -0.2) is 4.98 Å². The van der Waals surface area contributed by atoms with Crippen LogP contribution in [0.3, 0.4) is 0 Å². The zero-order chi connectivity index (χ0) is 43.3. The first-order valence-corrected chi connectivity index (χ1v) is 21.0.